The van der Waals surface area contributed by atoms with Gasteiger partial charge in [-0.2, -0.15) is 0 Å². The Bertz CT molecular complexity index is 1180. The predicted molar refractivity (Wildman–Crippen MR) is 223 cm³/mol. The minimum Gasteiger partial charge on any atom is -0.506 e. The molecular formula is C42H79NO19. The van der Waals surface area contributed by atoms with E-state index in [9.17, 15) is 61.0 Å². The van der Waals surface area contributed by atoms with Crippen molar-refractivity contribution in [3.8, 4) is 0 Å². The largest absolute Gasteiger partial charge is 0.506 e. The Morgan fingerprint density at radius 2 is 1.06 bits per heavy atom. The minimum absolute atomic E-state index is 0.367. The van der Waals surface area contributed by atoms with Gasteiger partial charge in [0.15, 0.2) is 23.0 Å². The summed E-state index contributed by atoms with van der Waals surface area (Å²) in [4.78, 5) is 25.3. The average molecular weight is 902 g/mol. The first-order valence-corrected chi connectivity index (χ1v) is 22.2. The molecule has 0 bridgehead atoms. The number of carbonyl (C=O) groups is 1. The molecule has 366 valence electrons. The van der Waals surface area contributed by atoms with Crippen LogP contribution >= 0.6 is 0 Å². The number of ether oxygens (including phenoxy) is 3. The molecule has 0 aliphatic carbocycles. The van der Waals surface area contributed by atoms with E-state index >= 15 is 0 Å². The van der Waals surface area contributed by atoms with Gasteiger partial charge in [0.1, 0.15) is 48.8 Å². The van der Waals surface area contributed by atoms with Crippen LogP contribution in [-0.2, 0) is 28.8 Å². The number of hydrogen-bond acceptors (Lipinski definition) is 19. The molecule has 1 heterocycles. The van der Waals surface area contributed by atoms with Crippen molar-refractivity contribution in [1.82, 2.24) is 5.32 Å². The van der Waals surface area contributed by atoms with E-state index in [-0.39, 0.29) is 6.61 Å². The molecule has 1 aliphatic rings. The molecule has 4 unspecified atom stereocenters. The van der Waals surface area contributed by atoms with Gasteiger partial charge in [-0.1, -0.05) is 104 Å². The van der Waals surface area contributed by atoms with Gasteiger partial charge in [0.25, 0.3) is 0 Å². The van der Waals surface area contributed by atoms with E-state index in [1.807, 2.05) is 0 Å². The first kappa shape index (κ1) is 57.6. The summed E-state index contributed by atoms with van der Waals surface area (Å²) in [5.74, 6) is -5.90. The van der Waals surface area contributed by atoms with Gasteiger partial charge in [0, 0.05) is 32.0 Å². The molecule has 0 saturated carbocycles. The third kappa shape index (κ3) is 21.5. The lowest BCUT2D eigenvalue weighted by molar-refractivity contribution is -0.373. The SMILES string of the molecule is CCCCCCCCCC(CCCCCCCCC)C(=O)NC(COOC1COC(CO)[C@@H](O)C1O)(CO[C@H](O)/C(O)=C(/O)[C@H](O)CCO)CO[C@H](O)/C(O)=C(\O)[C@H](O)CCO. The third-order valence-electron chi connectivity index (χ3n) is 10.8. The predicted octanol–water partition coefficient (Wildman–Crippen LogP) is 1.98. The van der Waals surface area contributed by atoms with Crippen molar-refractivity contribution >= 4 is 5.91 Å². The smallest absolute Gasteiger partial charge is 0.223 e. The summed E-state index contributed by atoms with van der Waals surface area (Å²) in [5, 5.41) is 135. The Kier molecular flexibility index (Phi) is 30.8. The monoisotopic (exact) mass is 902 g/mol. The second-order valence-corrected chi connectivity index (χ2v) is 16.1. The maximum Gasteiger partial charge on any atom is 0.223 e. The van der Waals surface area contributed by atoms with Crippen molar-refractivity contribution in [2.45, 2.75) is 184 Å². The Balaban J connectivity index is 3.62. The highest BCUT2D eigenvalue weighted by atomic mass is 17.2. The van der Waals surface area contributed by atoms with Gasteiger partial charge in [-0.3, -0.25) is 4.79 Å². The van der Waals surface area contributed by atoms with Crippen molar-refractivity contribution in [2.24, 2.45) is 5.92 Å². The Morgan fingerprint density at radius 1 is 0.629 bits per heavy atom. The van der Waals surface area contributed by atoms with Crippen molar-refractivity contribution in [1.29, 1.82) is 0 Å². The lowest BCUT2D eigenvalue weighted by atomic mass is 9.91. The van der Waals surface area contributed by atoms with Crippen LogP contribution in [0, 0.1) is 5.92 Å². The van der Waals surface area contributed by atoms with Crippen molar-refractivity contribution in [3.63, 3.8) is 0 Å². The van der Waals surface area contributed by atoms with Gasteiger partial charge in [-0.05, 0) is 12.8 Å². The number of aliphatic hydroxyl groups is 13. The Morgan fingerprint density at radius 3 is 1.48 bits per heavy atom. The summed E-state index contributed by atoms with van der Waals surface area (Å²) < 4.78 is 16.3. The fourth-order valence-electron chi connectivity index (χ4n) is 6.78. The molecule has 0 aromatic heterocycles. The summed E-state index contributed by atoms with van der Waals surface area (Å²) in [6, 6.07) is 0. The highest BCUT2D eigenvalue weighted by Crippen LogP contribution is 2.25. The number of amides is 1. The second kappa shape index (κ2) is 33.1. The van der Waals surface area contributed by atoms with Crippen LogP contribution in [-0.4, -0.2) is 173 Å². The fraction of sp³-hybridized carbons (Fsp3) is 0.881. The van der Waals surface area contributed by atoms with E-state index in [1.165, 1.54) is 0 Å². The number of carbonyl (C=O) groups excluding carboxylic acids is 1. The molecule has 62 heavy (non-hydrogen) atoms. The summed E-state index contributed by atoms with van der Waals surface area (Å²) in [7, 11) is 0. The molecule has 1 saturated heterocycles. The molecular weight excluding hydrogens is 822 g/mol. The summed E-state index contributed by atoms with van der Waals surface area (Å²) in [6.07, 6.45) is 0.0236. The number of aliphatic hydroxyl groups excluding tert-OH is 13. The molecule has 1 amide bonds. The standard InChI is InChI=1S/C42H79NO19/c1-3-5-7-9-11-13-15-17-28(18-16-14-12-10-8-6-4-2)39(55)43-42(25-59-40(56)37(53)33(49)29(47)19-21-44,26-60-41(57)38(54)34(50)30(48)20-22-45)27-61-62-32-24-58-31(23-46)35(51)36(32)52/h28-32,35-36,40-41,44-54,56-57H,3-27H2,1-2H3,(H,43,55)/b37-33-,38-34+/t29-,30-,31?,32?,35-,36?,40+,41+,42?/m1/s1. The molecule has 1 aliphatic heterocycles. The lowest BCUT2D eigenvalue weighted by Gasteiger charge is -2.38. The van der Waals surface area contributed by atoms with E-state index in [4.69, 9.17) is 34.2 Å². The highest BCUT2D eigenvalue weighted by molar-refractivity contribution is 5.79. The number of rotatable bonds is 37. The normalized spacial score (nSPS) is 22.1. The average Bonchev–Trinajstić information content (AvgIpc) is 3.26. The minimum atomic E-state index is -2.38. The zero-order valence-corrected chi connectivity index (χ0v) is 36.6. The zero-order valence-electron chi connectivity index (χ0n) is 36.6. The van der Waals surface area contributed by atoms with Crippen LogP contribution in [0.25, 0.3) is 0 Å². The second-order valence-electron chi connectivity index (χ2n) is 16.1. The van der Waals surface area contributed by atoms with Crippen molar-refractivity contribution < 1.29 is 95.2 Å². The molecule has 1 fully saturated rings. The van der Waals surface area contributed by atoms with Crippen molar-refractivity contribution in [2.75, 3.05) is 46.2 Å². The van der Waals surface area contributed by atoms with E-state index in [1.54, 1.807) is 0 Å². The summed E-state index contributed by atoms with van der Waals surface area (Å²) >= 11 is 0. The number of hydrogen-bond donors (Lipinski definition) is 14. The highest BCUT2D eigenvalue weighted by Gasteiger charge is 2.42. The van der Waals surface area contributed by atoms with E-state index < -0.39 is 142 Å². The molecule has 9 atom stereocenters. The van der Waals surface area contributed by atoms with Gasteiger partial charge in [-0.25, -0.2) is 9.78 Å². The van der Waals surface area contributed by atoms with Gasteiger partial charge in [0.2, 0.25) is 18.5 Å². The first-order valence-electron chi connectivity index (χ1n) is 22.2. The fourth-order valence-corrected chi connectivity index (χ4v) is 6.78. The molecule has 1 rings (SSSR count). The maximum absolute atomic E-state index is 14.4. The Labute approximate surface area is 365 Å². The van der Waals surface area contributed by atoms with Crippen molar-refractivity contribution in [3.05, 3.63) is 23.0 Å². The first-order chi connectivity index (χ1) is 29.6. The van der Waals surface area contributed by atoms with Crippen LogP contribution in [0.5, 0.6) is 0 Å². The molecule has 0 radical (unpaired) electrons. The molecule has 0 aromatic rings. The van der Waals surface area contributed by atoms with Crippen LogP contribution in [0.2, 0.25) is 0 Å². The van der Waals surface area contributed by atoms with Crippen LogP contribution in [0.4, 0.5) is 0 Å². The third-order valence-corrected chi connectivity index (χ3v) is 10.8. The molecule has 20 nitrogen and oxygen atoms in total. The quantitative estimate of drug-likeness (QED) is 0.0139. The summed E-state index contributed by atoms with van der Waals surface area (Å²) in [6.45, 7) is -0.494. The van der Waals surface area contributed by atoms with E-state index in [0.717, 1.165) is 89.9 Å². The topological polar surface area (TPSA) is 338 Å². The van der Waals surface area contributed by atoms with Gasteiger partial charge in [0.05, 0.1) is 26.4 Å². The maximum atomic E-state index is 14.4. The van der Waals surface area contributed by atoms with Gasteiger partial charge in [-0.15, -0.1) is 0 Å². The van der Waals surface area contributed by atoms with Crippen LogP contribution in [0.3, 0.4) is 0 Å². The lowest BCUT2D eigenvalue weighted by Crippen LogP contribution is -2.61. The summed E-state index contributed by atoms with van der Waals surface area (Å²) in [5.41, 5.74) is -2.08. The molecule has 0 spiro atoms. The molecule has 20 heteroatoms. The van der Waals surface area contributed by atoms with Crippen LogP contribution < -0.4 is 5.32 Å². The molecule has 0 aromatic carbocycles. The van der Waals surface area contributed by atoms with Gasteiger partial charge >= 0.3 is 0 Å². The van der Waals surface area contributed by atoms with Crippen LogP contribution in [0.15, 0.2) is 23.0 Å². The zero-order chi connectivity index (χ0) is 46.5. The van der Waals surface area contributed by atoms with Gasteiger partial charge < -0.3 is 85.9 Å². The number of unbranched alkanes of at least 4 members (excludes halogenated alkanes) is 12. The van der Waals surface area contributed by atoms with E-state index in [0.29, 0.717) is 12.8 Å². The Hall–Kier alpha value is -2.41. The molecule has 14 N–H and O–H groups in total. The number of nitrogens with one attached hydrogen (secondary N) is 1. The van der Waals surface area contributed by atoms with Crippen LogP contribution in [0.1, 0.15) is 129 Å². The van der Waals surface area contributed by atoms with E-state index in [2.05, 4.69) is 19.2 Å².